The SMILES string of the molecule is CC(=O)N(Cc1cc(C(C)C)c2c(c1O)C(=O)C1=C(O)[C@]3(O)C(=O)C(C(N)=O)=C(O)[C@@H](N(C)C)[C@@H]3C[C@@H]1C2)CC(C)(C)C. The number of phenols is 1. The third kappa shape index (κ3) is 5.12. The van der Waals surface area contributed by atoms with Crippen molar-refractivity contribution in [1.29, 1.82) is 0 Å². The van der Waals surface area contributed by atoms with Crippen LogP contribution in [0.1, 0.15) is 80.9 Å². The molecule has 0 fully saturated rings. The Labute approximate surface area is 251 Å². The minimum atomic E-state index is -2.70. The first-order valence-corrected chi connectivity index (χ1v) is 14.5. The monoisotopic (exact) mass is 597 g/mol. The van der Waals surface area contributed by atoms with Gasteiger partial charge in [-0.05, 0) is 61.4 Å². The lowest BCUT2D eigenvalue weighted by Crippen LogP contribution is -2.63. The molecule has 0 radical (unpaired) electrons. The van der Waals surface area contributed by atoms with Crippen LogP contribution in [0.15, 0.2) is 28.7 Å². The van der Waals surface area contributed by atoms with E-state index in [1.54, 1.807) is 19.0 Å². The average Bonchev–Trinajstić information content (AvgIpc) is 2.85. The topological polar surface area (TPSA) is 182 Å². The number of nitrogens with two attached hydrogens (primary N) is 1. The number of ketones is 2. The maximum atomic E-state index is 14.2. The first-order chi connectivity index (χ1) is 19.7. The number of fused-ring (bicyclic) bond motifs is 3. The van der Waals surface area contributed by atoms with Gasteiger partial charge in [-0.15, -0.1) is 0 Å². The summed E-state index contributed by atoms with van der Waals surface area (Å²) < 4.78 is 0. The van der Waals surface area contributed by atoms with E-state index in [1.807, 2.05) is 40.7 Å². The number of nitrogens with zero attached hydrogens (tertiary/aromatic N) is 2. The number of benzene rings is 1. The van der Waals surface area contributed by atoms with Gasteiger partial charge in [0.15, 0.2) is 11.4 Å². The van der Waals surface area contributed by atoms with Gasteiger partial charge in [0.1, 0.15) is 22.8 Å². The highest BCUT2D eigenvalue weighted by Crippen LogP contribution is 2.53. The van der Waals surface area contributed by atoms with Gasteiger partial charge in [0.05, 0.1) is 11.6 Å². The van der Waals surface area contributed by atoms with Crippen LogP contribution in [0.2, 0.25) is 0 Å². The number of phenolic OH excluding ortho intramolecular Hbond substituents is 1. The van der Waals surface area contributed by atoms with Gasteiger partial charge >= 0.3 is 0 Å². The van der Waals surface area contributed by atoms with Crippen molar-refractivity contribution in [2.45, 2.75) is 78.5 Å². The van der Waals surface area contributed by atoms with Crippen LogP contribution in [0.25, 0.3) is 0 Å². The number of carbonyl (C=O) groups excluding carboxylic acids is 4. The lowest BCUT2D eigenvalue weighted by molar-refractivity contribution is -0.148. The predicted molar refractivity (Wildman–Crippen MR) is 158 cm³/mol. The van der Waals surface area contributed by atoms with E-state index in [-0.39, 0.29) is 53.5 Å². The fourth-order valence-electron chi connectivity index (χ4n) is 7.10. The van der Waals surface area contributed by atoms with E-state index in [0.29, 0.717) is 17.7 Å². The quantitative estimate of drug-likeness (QED) is 0.308. The van der Waals surface area contributed by atoms with Crippen molar-refractivity contribution in [3.63, 3.8) is 0 Å². The predicted octanol–water partition coefficient (Wildman–Crippen LogP) is 2.64. The zero-order valence-electron chi connectivity index (χ0n) is 26.1. The zero-order valence-corrected chi connectivity index (χ0v) is 26.1. The van der Waals surface area contributed by atoms with E-state index in [4.69, 9.17) is 5.73 Å². The van der Waals surface area contributed by atoms with E-state index in [2.05, 4.69) is 0 Å². The summed E-state index contributed by atoms with van der Waals surface area (Å²) >= 11 is 0. The molecule has 0 aliphatic heterocycles. The number of aliphatic hydroxyl groups is 3. The van der Waals surface area contributed by atoms with Crippen LogP contribution in [0, 0.1) is 17.3 Å². The van der Waals surface area contributed by atoms with Crippen molar-refractivity contribution in [2.75, 3.05) is 20.6 Å². The number of carbonyl (C=O) groups is 4. The number of aliphatic hydroxyl groups excluding tert-OH is 2. The molecule has 3 aliphatic rings. The summed E-state index contributed by atoms with van der Waals surface area (Å²) in [6.07, 6.45) is 0.240. The molecule has 4 rings (SSSR count). The van der Waals surface area contributed by atoms with Gasteiger partial charge in [-0.25, -0.2) is 0 Å². The summed E-state index contributed by atoms with van der Waals surface area (Å²) in [5.74, 6) is -7.11. The number of primary amides is 1. The fraction of sp³-hybridized carbons (Fsp3) is 0.562. The number of amides is 2. The molecule has 0 spiro atoms. The molecule has 43 heavy (non-hydrogen) atoms. The molecule has 0 aromatic heterocycles. The molecule has 1 aromatic carbocycles. The van der Waals surface area contributed by atoms with Gasteiger partial charge in [0.2, 0.25) is 11.7 Å². The van der Waals surface area contributed by atoms with Crippen LogP contribution in [0.5, 0.6) is 5.75 Å². The Hall–Kier alpha value is -3.70. The van der Waals surface area contributed by atoms with Crippen LogP contribution in [-0.2, 0) is 27.3 Å². The van der Waals surface area contributed by atoms with Crippen molar-refractivity contribution < 1.29 is 39.6 Å². The van der Waals surface area contributed by atoms with Crippen molar-refractivity contribution in [3.8, 4) is 5.75 Å². The van der Waals surface area contributed by atoms with Gasteiger partial charge in [-0.1, -0.05) is 34.6 Å². The molecule has 0 unspecified atom stereocenters. The highest BCUT2D eigenvalue weighted by Gasteiger charge is 2.63. The number of Topliss-reactive ketones (excluding diaryl/α,β-unsaturated/α-hetero) is 2. The number of allylic oxidation sites excluding steroid dienone is 1. The molecule has 0 bridgehead atoms. The second-order valence-corrected chi connectivity index (χ2v) is 13.9. The van der Waals surface area contributed by atoms with Crippen molar-refractivity contribution in [3.05, 3.63) is 51.0 Å². The van der Waals surface area contributed by atoms with Gasteiger partial charge in [0.25, 0.3) is 5.91 Å². The maximum absolute atomic E-state index is 14.2. The van der Waals surface area contributed by atoms with E-state index in [1.165, 1.54) is 11.8 Å². The van der Waals surface area contributed by atoms with E-state index in [0.717, 1.165) is 5.56 Å². The second-order valence-electron chi connectivity index (χ2n) is 13.9. The Balaban J connectivity index is 1.93. The van der Waals surface area contributed by atoms with E-state index in [9.17, 15) is 39.6 Å². The Morgan fingerprint density at radius 1 is 1.14 bits per heavy atom. The molecular weight excluding hydrogens is 554 g/mol. The summed E-state index contributed by atoms with van der Waals surface area (Å²) in [4.78, 5) is 55.6. The van der Waals surface area contributed by atoms with E-state index >= 15 is 0 Å². The molecular formula is C32H43N3O8. The minimum Gasteiger partial charge on any atom is -0.510 e. The van der Waals surface area contributed by atoms with Crippen molar-refractivity contribution in [2.24, 2.45) is 23.0 Å². The molecule has 0 saturated heterocycles. The third-order valence-corrected chi connectivity index (χ3v) is 8.93. The number of hydrogen-bond acceptors (Lipinski definition) is 9. The number of aromatic hydroxyl groups is 1. The van der Waals surface area contributed by atoms with Gasteiger partial charge in [0, 0.05) is 37.1 Å². The van der Waals surface area contributed by atoms with Crippen LogP contribution < -0.4 is 5.73 Å². The zero-order chi connectivity index (χ0) is 32.5. The third-order valence-electron chi connectivity index (χ3n) is 8.93. The first kappa shape index (κ1) is 32.2. The Morgan fingerprint density at radius 3 is 2.23 bits per heavy atom. The number of rotatable bonds is 6. The van der Waals surface area contributed by atoms with Crippen LogP contribution in [-0.4, -0.2) is 85.9 Å². The van der Waals surface area contributed by atoms with Crippen LogP contribution >= 0.6 is 0 Å². The average molecular weight is 598 g/mol. The van der Waals surface area contributed by atoms with E-state index < -0.39 is 58.0 Å². The molecule has 0 heterocycles. The summed E-state index contributed by atoms with van der Waals surface area (Å²) in [6, 6.07) is 0.768. The smallest absolute Gasteiger partial charge is 0.255 e. The number of likely N-dealkylation sites (N-methyl/N-ethyl adjacent to an activating group) is 1. The normalized spacial score (nSPS) is 25.6. The Bertz CT molecular complexity index is 1480. The maximum Gasteiger partial charge on any atom is 0.255 e. The van der Waals surface area contributed by atoms with Gasteiger partial charge in [-0.3, -0.25) is 24.1 Å². The summed E-state index contributed by atoms with van der Waals surface area (Å²) in [7, 11) is 3.18. The van der Waals surface area contributed by atoms with Crippen LogP contribution in [0.4, 0.5) is 0 Å². The minimum absolute atomic E-state index is 0.0233. The first-order valence-electron chi connectivity index (χ1n) is 14.5. The molecule has 0 saturated carbocycles. The standard InChI is InChI=1S/C32H43N3O8/c1-14(2)18-10-17(12-35(15(3)36)13-31(4,5)6)25(37)22-19(18)9-16-11-20-24(34(7)8)27(39)23(30(33)42)29(41)32(20,43)28(40)21(16)26(22)38/h10,14,16,20,24,37,39-40,43H,9,11-13H2,1-8H3,(H2,33,42)/t16-,20-,24-,32-/m0/s1. The molecule has 3 aliphatic carbocycles. The second kappa shape index (κ2) is 10.8. The highest BCUT2D eigenvalue weighted by molar-refractivity contribution is 6.24. The van der Waals surface area contributed by atoms with Crippen molar-refractivity contribution >= 4 is 23.4 Å². The number of hydrogen-bond donors (Lipinski definition) is 5. The highest BCUT2D eigenvalue weighted by atomic mass is 16.3. The van der Waals surface area contributed by atoms with Crippen LogP contribution in [0.3, 0.4) is 0 Å². The Morgan fingerprint density at radius 2 is 1.74 bits per heavy atom. The molecule has 11 nitrogen and oxygen atoms in total. The summed E-state index contributed by atoms with van der Waals surface area (Å²) in [5, 5.41) is 45.9. The molecule has 1 aromatic rings. The lowest BCUT2D eigenvalue weighted by atomic mass is 9.58. The molecule has 234 valence electrons. The fourth-order valence-corrected chi connectivity index (χ4v) is 7.10. The molecule has 11 heteroatoms. The van der Waals surface area contributed by atoms with Gasteiger partial charge < -0.3 is 31.1 Å². The van der Waals surface area contributed by atoms with Crippen molar-refractivity contribution in [1.82, 2.24) is 9.80 Å². The molecule has 6 N–H and O–H groups in total. The van der Waals surface area contributed by atoms with Gasteiger partial charge in [-0.2, -0.15) is 0 Å². The molecule has 4 atom stereocenters. The molecule has 2 amide bonds. The summed E-state index contributed by atoms with van der Waals surface area (Å²) in [6.45, 7) is 11.8. The Kier molecular flexibility index (Phi) is 8.08. The summed E-state index contributed by atoms with van der Waals surface area (Å²) in [5.41, 5.74) is 3.16. The largest absolute Gasteiger partial charge is 0.510 e. The lowest BCUT2D eigenvalue weighted by Gasteiger charge is -2.50.